The van der Waals surface area contributed by atoms with Crippen LogP contribution in [0.2, 0.25) is 0 Å². The highest BCUT2D eigenvalue weighted by Gasteiger charge is 2.63. The van der Waals surface area contributed by atoms with Crippen molar-refractivity contribution in [3.63, 3.8) is 0 Å². The average Bonchev–Trinajstić information content (AvgIpc) is 2.83. The maximum Gasteiger partial charge on any atom is 0.166 e. The summed E-state index contributed by atoms with van der Waals surface area (Å²) < 4.78 is 6.32. The second-order valence-electron chi connectivity index (χ2n) is 7.28. The van der Waals surface area contributed by atoms with Gasteiger partial charge < -0.3 is 14.7 Å². The third-order valence-corrected chi connectivity index (χ3v) is 6.50. The predicted molar refractivity (Wildman–Crippen MR) is 80.8 cm³/mol. The molecule has 1 spiro atoms. The quantitative estimate of drug-likeness (QED) is 0.743. The number of phenolic OH excluding ortho intramolecular Hbond substituents is 1. The molecule has 0 saturated carbocycles. The average molecular weight is 283 g/mol. The van der Waals surface area contributed by atoms with Gasteiger partial charge in [-0.2, -0.15) is 0 Å². The van der Waals surface area contributed by atoms with E-state index >= 15 is 0 Å². The molecule has 2 aliphatic heterocycles. The second kappa shape index (κ2) is 3.64. The lowest BCUT2D eigenvalue weighted by Gasteiger charge is -2.57. The monoisotopic (exact) mass is 283 g/mol. The summed E-state index contributed by atoms with van der Waals surface area (Å²) in [5, 5.41) is 10.3. The van der Waals surface area contributed by atoms with Crippen LogP contribution >= 0.6 is 0 Å². The van der Waals surface area contributed by atoms with Crippen molar-refractivity contribution in [3.05, 3.63) is 34.9 Å². The molecule has 1 saturated heterocycles. The van der Waals surface area contributed by atoms with Crippen molar-refractivity contribution >= 4 is 0 Å². The molecule has 1 N–H and O–H groups in total. The third-order valence-electron chi connectivity index (χ3n) is 6.50. The van der Waals surface area contributed by atoms with E-state index in [1.807, 2.05) is 6.07 Å². The lowest BCUT2D eigenvalue weighted by atomic mass is 9.52. The number of allylic oxidation sites excluding steroid dienone is 1. The van der Waals surface area contributed by atoms with Crippen LogP contribution in [0.3, 0.4) is 0 Å². The van der Waals surface area contributed by atoms with Gasteiger partial charge in [0, 0.05) is 17.0 Å². The van der Waals surface area contributed by atoms with E-state index in [1.165, 1.54) is 16.7 Å². The van der Waals surface area contributed by atoms with Crippen LogP contribution in [0.15, 0.2) is 23.8 Å². The zero-order chi connectivity index (χ0) is 14.4. The number of hydrogen-bond acceptors (Lipinski definition) is 3. The molecule has 2 heterocycles. The normalized spacial score (nSPS) is 39.5. The van der Waals surface area contributed by atoms with E-state index in [4.69, 9.17) is 4.74 Å². The number of likely N-dealkylation sites (tertiary alicyclic amines) is 1. The van der Waals surface area contributed by atoms with Gasteiger partial charge in [-0.1, -0.05) is 12.1 Å². The predicted octanol–water partition coefficient (Wildman–Crippen LogP) is 2.62. The molecule has 2 aliphatic carbocycles. The van der Waals surface area contributed by atoms with Gasteiger partial charge in [0.1, 0.15) is 6.10 Å². The summed E-state index contributed by atoms with van der Waals surface area (Å²) in [7, 11) is 2.26. The van der Waals surface area contributed by atoms with Crippen LogP contribution in [-0.4, -0.2) is 35.7 Å². The van der Waals surface area contributed by atoms with E-state index in [1.54, 1.807) is 0 Å². The molecule has 21 heavy (non-hydrogen) atoms. The van der Waals surface area contributed by atoms with Crippen LogP contribution in [0.1, 0.15) is 30.9 Å². The molecule has 0 radical (unpaired) electrons. The fourth-order valence-corrected chi connectivity index (χ4v) is 5.58. The Morgan fingerprint density at radius 3 is 3.10 bits per heavy atom. The van der Waals surface area contributed by atoms with E-state index < -0.39 is 0 Å². The van der Waals surface area contributed by atoms with Crippen molar-refractivity contribution < 1.29 is 9.84 Å². The van der Waals surface area contributed by atoms with Crippen molar-refractivity contribution in [3.8, 4) is 11.5 Å². The summed E-state index contributed by atoms with van der Waals surface area (Å²) in [6, 6.07) is 4.55. The summed E-state index contributed by atoms with van der Waals surface area (Å²) in [4.78, 5) is 2.54. The summed E-state index contributed by atoms with van der Waals surface area (Å²) in [5.74, 6) is 1.72. The SMILES string of the molecule is CC1=CC[C@H]2[C@H]3Cc4ccc(O)c5c4[C@@]2(CCN3C)[C@H]1O5. The number of piperidine rings is 1. The van der Waals surface area contributed by atoms with Crippen LogP contribution in [0.5, 0.6) is 11.5 Å². The molecule has 1 aromatic rings. The van der Waals surface area contributed by atoms with Gasteiger partial charge >= 0.3 is 0 Å². The van der Waals surface area contributed by atoms with Crippen LogP contribution in [-0.2, 0) is 11.8 Å². The number of aromatic hydroxyl groups is 1. The van der Waals surface area contributed by atoms with Crippen LogP contribution < -0.4 is 4.74 Å². The molecule has 110 valence electrons. The zero-order valence-electron chi connectivity index (χ0n) is 12.6. The Balaban J connectivity index is 1.85. The van der Waals surface area contributed by atoms with Crippen LogP contribution in [0.25, 0.3) is 0 Å². The standard InChI is InChI=1S/C18H21NO2/c1-10-3-5-12-13-9-11-4-6-14(20)16-15(11)18(12,17(10)21-16)7-8-19(13)2/h3-4,6,12-13,17,20H,5,7-9H2,1-2H3/t12-,13+,17-,18-/m0/s1. The van der Waals surface area contributed by atoms with E-state index in [-0.39, 0.29) is 11.5 Å². The van der Waals surface area contributed by atoms with Crippen molar-refractivity contribution in [2.45, 2.75) is 43.7 Å². The largest absolute Gasteiger partial charge is 0.504 e. The summed E-state index contributed by atoms with van der Waals surface area (Å²) in [6.07, 6.45) is 5.89. The highest BCUT2D eigenvalue weighted by atomic mass is 16.5. The number of benzene rings is 1. The first-order chi connectivity index (χ1) is 10.1. The lowest BCUT2D eigenvalue weighted by molar-refractivity contribution is -0.00815. The Labute approximate surface area is 125 Å². The fourth-order valence-electron chi connectivity index (χ4n) is 5.58. The number of nitrogens with zero attached hydrogens (tertiary/aromatic N) is 1. The van der Waals surface area contributed by atoms with E-state index in [0.29, 0.717) is 17.7 Å². The Morgan fingerprint density at radius 1 is 1.38 bits per heavy atom. The number of hydrogen-bond donors (Lipinski definition) is 1. The molecule has 4 atom stereocenters. The summed E-state index contributed by atoms with van der Waals surface area (Å²) in [6.45, 7) is 3.32. The molecular formula is C18H21NO2. The molecule has 0 aromatic heterocycles. The van der Waals surface area contributed by atoms with Gasteiger partial charge in [-0.15, -0.1) is 0 Å². The van der Waals surface area contributed by atoms with Crippen molar-refractivity contribution in [1.29, 1.82) is 0 Å². The molecule has 5 rings (SSSR count). The molecule has 1 aromatic carbocycles. The summed E-state index contributed by atoms with van der Waals surface area (Å²) >= 11 is 0. The maximum atomic E-state index is 10.3. The summed E-state index contributed by atoms with van der Waals surface area (Å²) in [5.41, 5.74) is 4.19. The second-order valence-corrected chi connectivity index (χ2v) is 7.28. The van der Waals surface area contributed by atoms with Crippen molar-refractivity contribution in [2.75, 3.05) is 13.6 Å². The van der Waals surface area contributed by atoms with Gasteiger partial charge in [-0.25, -0.2) is 0 Å². The third kappa shape index (κ3) is 1.21. The minimum atomic E-state index is 0.109. The van der Waals surface area contributed by atoms with E-state index in [2.05, 4.69) is 31.0 Å². The Morgan fingerprint density at radius 2 is 2.24 bits per heavy atom. The van der Waals surface area contributed by atoms with Gasteiger partial charge in [0.05, 0.1) is 0 Å². The smallest absolute Gasteiger partial charge is 0.166 e. The van der Waals surface area contributed by atoms with Gasteiger partial charge in [0.2, 0.25) is 0 Å². The van der Waals surface area contributed by atoms with Gasteiger partial charge in [-0.3, -0.25) is 0 Å². The molecule has 1 fully saturated rings. The number of ether oxygens (including phenoxy) is 1. The number of phenols is 1. The first-order valence-electron chi connectivity index (χ1n) is 8.02. The number of rotatable bonds is 0. The van der Waals surface area contributed by atoms with Crippen LogP contribution in [0, 0.1) is 5.92 Å². The van der Waals surface area contributed by atoms with E-state index in [9.17, 15) is 5.11 Å². The number of likely N-dealkylation sites (N-methyl/N-ethyl adjacent to an activating group) is 1. The minimum Gasteiger partial charge on any atom is -0.504 e. The molecular weight excluding hydrogens is 262 g/mol. The lowest BCUT2D eigenvalue weighted by Crippen LogP contribution is -2.63. The van der Waals surface area contributed by atoms with Gasteiger partial charge in [-0.05, 0) is 62.9 Å². The van der Waals surface area contributed by atoms with Gasteiger partial charge in [0.15, 0.2) is 11.5 Å². The molecule has 2 bridgehead atoms. The first kappa shape index (κ1) is 12.1. The topological polar surface area (TPSA) is 32.7 Å². The Hall–Kier alpha value is -1.48. The van der Waals surface area contributed by atoms with Crippen molar-refractivity contribution in [2.24, 2.45) is 5.92 Å². The van der Waals surface area contributed by atoms with Crippen LogP contribution in [0.4, 0.5) is 0 Å². The van der Waals surface area contributed by atoms with E-state index in [0.717, 1.165) is 31.6 Å². The highest BCUT2D eigenvalue weighted by molar-refractivity contribution is 5.62. The maximum absolute atomic E-state index is 10.3. The molecule has 4 aliphatic rings. The molecule has 3 heteroatoms. The molecule has 0 amide bonds. The highest BCUT2D eigenvalue weighted by Crippen LogP contribution is 2.63. The molecule has 0 unspecified atom stereocenters. The first-order valence-corrected chi connectivity index (χ1v) is 8.02. The molecule has 3 nitrogen and oxygen atoms in total. The fraction of sp³-hybridized carbons (Fsp3) is 0.556. The zero-order valence-corrected chi connectivity index (χ0v) is 12.6. The van der Waals surface area contributed by atoms with Gasteiger partial charge in [0.25, 0.3) is 0 Å². The Bertz CT molecular complexity index is 680. The minimum absolute atomic E-state index is 0.109. The Kier molecular flexibility index (Phi) is 2.10. The van der Waals surface area contributed by atoms with Crippen molar-refractivity contribution in [1.82, 2.24) is 4.90 Å².